The maximum atomic E-state index is 15.0. The summed E-state index contributed by atoms with van der Waals surface area (Å²) >= 11 is 0. The van der Waals surface area contributed by atoms with Crippen molar-refractivity contribution in [3.8, 4) is 0 Å². The van der Waals surface area contributed by atoms with Gasteiger partial charge in [-0.15, -0.1) is 0 Å². The second-order valence-corrected chi connectivity index (χ2v) is 8.62. The van der Waals surface area contributed by atoms with Crippen molar-refractivity contribution in [3.05, 3.63) is 120 Å². The van der Waals surface area contributed by atoms with Crippen LogP contribution in [0.1, 0.15) is 27.3 Å². The van der Waals surface area contributed by atoms with Crippen LogP contribution in [0, 0.1) is 5.82 Å². The summed E-state index contributed by atoms with van der Waals surface area (Å²) < 4.78 is 15.0. The van der Waals surface area contributed by atoms with E-state index in [2.05, 4.69) is 25.3 Å². The van der Waals surface area contributed by atoms with Crippen LogP contribution in [0.3, 0.4) is 0 Å². The molecule has 37 heavy (non-hydrogen) atoms. The lowest BCUT2D eigenvalue weighted by molar-refractivity contribution is -0.120. The Hall–Kier alpha value is -5.05. The van der Waals surface area contributed by atoms with E-state index in [0.717, 1.165) is 10.9 Å². The van der Waals surface area contributed by atoms with E-state index in [1.165, 1.54) is 17.3 Å². The molecule has 5 aromatic rings. The number of aromatic nitrogens is 3. The van der Waals surface area contributed by atoms with Crippen molar-refractivity contribution in [1.82, 2.24) is 20.3 Å². The number of hydrogen-bond acceptors (Lipinski definition) is 4. The van der Waals surface area contributed by atoms with Crippen LogP contribution in [-0.2, 0) is 11.3 Å². The summed E-state index contributed by atoms with van der Waals surface area (Å²) in [5, 5.41) is 3.62. The molecule has 1 aliphatic heterocycles. The van der Waals surface area contributed by atoms with Crippen molar-refractivity contribution in [2.24, 2.45) is 4.99 Å². The molecule has 182 valence electrons. The van der Waals surface area contributed by atoms with E-state index in [9.17, 15) is 14.0 Å². The zero-order valence-corrected chi connectivity index (χ0v) is 19.5. The number of H-pyrrole nitrogens is 2. The number of nitrogens with zero attached hydrogens (tertiary/aromatic N) is 3. The zero-order chi connectivity index (χ0) is 25.4. The van der Waals surface area contributed by atoms with E-state index in [1.807, 2.05) is 24.3 Å². The number of benzodiazepines with no additional fused rings is 1. The summed E-state index contributed by atoms with van der Waals surface area (Å²) in [6.07, 6.45) is 1.85. The number of rotatable bonds is 5. The second-order valence-electron chi connectivity index (χ2n) is 8.62. The van der Waals surface area contributed by atoms with Gasteiger partial charge < -0.3 is 20.2 Å². The van der Waals surface area contributed by atoms with Crippen LogP contribution >= 0.6 is 0 Å². The molecule has 0 fully saturated rings. The summed E-state index contributed by atoms with van der Waals surface area (Å²) in [4.78, 5) is 43.5. The molecular weight excluding hydrogens is 471 g/mol. The van der Waals surface area contributed by atoms with Crippen LogP contribution in [-0.4, -0.2) is 38.6 Å². The maximum absolute atomic E-state index is 15.0. The molecule has 6 rings (SSSR count). The van der Waals surface area contributed by atoms with Gasteiger partial charge in [0.1, 0.15) is 11.5 Å². The van der Waals surface area contributed by atoms with Crippen LogP contribution < -0.4 is 10.2 Å². The third-order valence-corrected chi connectivity index (χ3v) is 6.26. The van der Waals surface area contributed by atoms with Crippen molar-refractivity contribution >= 4 is 34.1 Å². The van der Waals surface area contributed by atoms with E-state index >= 15 is 0 Å². The highest BCUT2D eigenvalue weighted by Gasteiger charge is 2.34. The Labute approximate surface area is 210 Å². The number of anilines is 1. The van der Waals surface area contributed by atoms with Crippen molar-refractivity contribution in [3.63, 3.8) is 0 Å². The molecule has 0 aliphatic carbocycles. The van der Waals surface area contributed by atoms with E-state index in [4.69, 9.17) is 0 Å². The first-order valence-electron chi connectivity index (χ1n) is 11.7. The number of hydrogen-bond donors (Lipinski definition) is 3. The predicted molar refractivity (Wildman–Crippen MR) is 138 cm³/mol. The molecule has 3 aromatic carbocycles. The lowest BCUT2D eigenvalue weighted by atomic mass is 9.99. The molecule has 2 aromatic heterocycles. The van der Waals surface area contributed by atoms with Crippen molar-refractivity contribution in [2.45, 2.75) is 12.7 Å². The fraction of sp³-hybridized carbons (Fsp3) is 0.0714. The standard InChI is InChI=1S/C28H21FN6O2/c29-21-10-4-2-8-19(21)25-20-9-3-6-12-24(20)35(15-18-14-30-16-31-18)28(37)26(33-25)34-27(36)23-13-17-7-1-5-11-22(17)32-23/h1-14,16,26,32H,15H2,(H,30,31)(H,34,36)/t26-/m0/s1. The van der Waals surface area contributed by atoms with Crippen LogP contribution in [0.15, 0.2) is 96.4 Å². The molecule has 8 nitrogen and oxygen atoms in total. The minimum absolute atomic E-state index is 0.161. The van der Waals surface area contributed by atoms with Gasteiger partial charge >= 0.3 is 0 Å². The molecule has 1 aliphatic rings. The molecule has 2 amide bonds. The summed E-state index contributed by atoms with van der Waals surface area (Å²) in [5.74, 6) is -1.44. The maximum Gasteiger partial charge on any atom is 0.272 e. The average molecular weight is 493 g/mol. The van der Waals surface area contributed by atoms with E-state index in [1.54, 1.807) is 54.7 Å². The minimum Gasteiger partial charge on any atom is -0.351 e. The molecule has 0 spiro atoms. The highest BCUT2D eigenvalue weighted by atomic mass is 19.1. The Morgan fingerprint density at radius 3 is 2.54 bits per heavy atom. The van der Waals surface area contributed by atoms with Crippen LogP contribution in [0.4, 0.5) is 10.1 Å². The molecule has 0 bridgehead atoms. The Balaban J connectivity index is 1.46. The van der Waals surface area contributed by atoms with Gasteiger partial charge in [0, 0.05) is 28.2 Å². The summed E-state index contributed by atoms with van der Waals surface area (Å²) in [5.41, 5.74) is 3.40. The molecule has 0 saturated heterocycles. The predicted octanol–water partition coefficient (Wildman–Crippen LogP) is 4.17. The number of halogens is 1. The number of benzene rings is 3. The molecule has 9 heteroatoms. The van der Waals surface area contributed by atoms with Gasteiger partial charge in [-0.05, 0) is 30.3 Å². The van der Waals surface area contributed by atoms with Crippen molar-refractivity contribution in [1.29, 1.82) is 0 Å². The smallest absolute Gasteiger partial charge is 0.272 e. The lowest BCUT2D eigenvalue weighted by Gasteiger charge is -2.25. The molecule has 0 unspecified atom stereocenters. The molecule has 0 saturated carbocycles. The number of aromatic amines is 2. The monoisotopic (exact) mass is 492 g/mol. The van der Waals surface area contributed by atoms with Gasteiger partial charge in [0.25, 0.3) is 11.8 Å². The number of fused-ring (bicyclic) bond motifs is 2. The molecular formula is C28H21FN6O2. The first-order valence-corrected chi connectivity index (χ1v) is 11.7. The highest BCUT2D eigenvalue weighted by Crippen LogP contribution is 2.30. The van der Waals surface area contributed by atoms with E-state index in [-0.39, 0.29) is 17.8 Å². The van der Waals surface area contributed by atoms with Gasteiger partial charge in [-0.2, -0.15) is 0 Å². The normalized spacial score (nSPS) is 15.3. The quantitative estimate of drug-likeness (QED) is 0.343. The Morgan fingerprint density at radius 2 is 1.76 bits per heavy atom. The number of imidazole rings is 1. The minimum atomic E-state index is -1.30. The fourth-order valence-corrected chi connectivity index (χ4v) is 4.49. The van der Waals surface area contributed by atoms with E-state index < -0.39 is 23.8 Å². The second kappa shape index (κ2) is 9.19. The number of amides is 2. The van der Waals surface area contributed by atoms with E-state index in [0.29, 0.717) is 22.6 Å². The molecule has 0 radical (unpaired) electrons. The van der Waals surface area contributed by atoms with Gasteiger partial charge in [-0.1, -0.05) is 48.5 Å². The number of para-hydroxylation sites is 2. The lowest BCUT2D eigenvalue weighted by Crippen LogP contribution is -2.47. The largest absolute Gasteiger partial charge is 0.351 e. The SMILES string of the molecule is O=C(N[C@@H]1N=C(c2ccccc2F)c2ccccc2N(Cc2cnc[nH]2)C1=O)c1cc2ccccc2[nH]1. The Kier molecular flexibility index (Phi) is 5.57. The highest BCUT2D eigenvalue weighted by molar-refractivity contribution is 6.20. The topological polar surface area (TPSA) is 106 Å². The van der Waals surface area contributed by atoms with Gasteiger partial charge in [0.05, 0.1) is 30.0 Å². The van der Waals surface area contributed by atoms with Gasteiger partial charge in [-0.3, -0.25) is 9.59 Å². The van der Waals surface area contributed by atoms with Gasteiger partial charge in [0.15, 0.2) is 0 Å². The van der Waals surface area contributed by atoms with Crippen molar-refractivity contribution in [2.75, 3.05) is 4.90 Å². The Morgan fingerprint density at radius 1 is 1.00 bits per heavy atom. The summed E-state index contributed by atoms with van der Waals surface area (Å²) in [7, 11) is 0. The first kappa shape index (κ1) is 22.4. The number of carbonyl (C=O) groups is 2. The number of carbonyl (C=O) groups excluding carboxylic acids is 2. The summed E-state index contributed by atoms with van der Waals surface area (Å²) in [6.45, 7) is 0.161. The molecule has 1 atom stereocenters. The zero-order valence-electron chi connectivity index (χ0n) is 19.5. The summed E-state index contributed by atoms with van der Waals surface area (Å²) in [6, 6.07) is 22.6. The average Bonchev–Trinajstić information content (AvgIpc) is 3.58. The fourth-order valence-electron chi connectivity index (χ4n) is 4.49. The molecule has 3 N–H and O–H groups in total. The van der Waals surface area contributed by atoms with Crippen LogP contribution in [0.25, 0.3) is 10.9 Å². The van der Waals surface area contributed by atoms with Crippen LogP contribution in [0.2, 0.25) is 0 Å². The first-order chi connectivity index (χ1) is 18.1. The third kappa shape index (κ3) is 4.16. The van der Waals surface area contributed by atoms with Crippen molar-refractivity contribution < 1.29 is 14.0 Å². The van der Waals surface area contributed by atoms with Gasteiger partial charge in [0.2, 0.25) is 6.17 Å². The number of nitrogens with one attached hydrogen (secondary N) is 3. The third-order valence-electron chi connectivity index (χ3n) is 6.26. The Bertz CT molecular complexity index is 1620. The number of aliphatic imine (C=N–C) groups is 1. The molecule has 3 heterocycles. The van der Waals surface area contributed by atoms with Gasteiger partial charge in [-0.25, -0.2) is 14.4 Å². The van der Waals surface area contributed by atoms with Crippen LogP contribution in [0.5, 0.6) is 0 Å².